The minimum Gasteiger partial charge on any atom is -0.543 e. The number of carboxylic acids is 1. The van der Waals surface area contributed by atoms with Gasteiger partial charge in [-0.15, -0.1) is 11.3 Å². The monoisotopic (exact) mass is 433 g/mol. The summed E-state index contributed by atoms with van der Waals surface area (Å²) < 4.78 is 25.1. The van der Waals surface area contributed by atoms with Crippen molar-refractivity contribution in [3.63, 3.8) is 0 Å². The van der Waals surface area contributed by atoms with Crippen LogP contribution in [0.4, 0.5) is 0 Å². The topological polar surface area (TPSA) is 132 Å². The quantitative estimate of drug-likeness (QED) is 0.385. The van der Waals surface area contributed by atoms with E-state index in [1.54, 1.807) is 6.92 Å². The van der Waals surface area contributed by atoms with Crippen LogP contribution in [-0.2, 0) is 19.4 Å². The fourth-order valence-corrected chi connectivity index (χ4v) is 5.99. The molecule has 1 amide bonds. The zero-order chi connectivity index (χ0) is 19.8. The van der Waals surface area contributed by atoms with Gasteiger partial charge in [-0.3, -0.25) is 9.20 Å². The van der Waals surface area contributed by atoms with E-state index >= 15 is 0 Å². The van der Waals surface area contributed by atoms with Crippen molar-refractivity contribution in [1.82, 2.24) is 14.3 Å². The largest absolute Gasteiger partial charge is 1.00 e. The number of hydrogen-bond donors (Lipinski definition) is 1. The second-order valence-corrected chi connectivity index (χ2v) is 9.89. The zero-order valence-corrected chi connectivity index (χ0v) is 19.2. The van der Waals surface area contributed by atoms with E-state index in [1.165, 1.54) is 40.0 Å². The molecule has 1 fully saturated rings. The number of hydrogen-bond acceptors (Lipinski definition) is 8. The predicted molar refractivity (Wildman–Crippen MR) is 93.1 cm³/mol. The summed E-state index contributed by atoms with van der Waals surface area (Å²) in [7, 11) is -3.56. The molecular weight excluding hydrogens is 417 g/mol. The van der Waals surface area contributed by atoms with Gasteiger partial charge in [0.25, 0.3) is 0 Å². The van der Waals surface area contributed by atoms with E-state index in [2.05, 4.69) is 4.98 Å². The Bertz CT molecular complexity index is 1130. The first kappa shape index (κ1) is 21.5. The van der Waals surface area contributed by atoms with Crippen molar-refractivity contribution in [2.24, 2.45) is 11.8 Å². The minimum absolute atomic E-state index is 0. The summed E-state index contributed by atoms with van der Waals surface area (Å²) in [6.07, 6.45) is 3.07. The Hall–Kier alpha value is -1.24. The van der Waals surface area contributed by atoms with Crippen molar-refractivity contribution in [2.75, 3.05) is 6.26 Å². The van der Waals surface area contributed by atoms with E-state index in [0.29, 0.717) is 15.3 Å². The average Bonchev–Trinajstić information content (AvgIpc) is 3.15. The number of aliphatic hydroxyl groups excluding tert-OH is 1. The normalized spacial score (nSPS) is 25.5. The third kappa shape index (κ3) is 2.87. The molecule has 144 valence electrons. The second kappa shape index (κ2) is 6.92. The number of nitrogens with zero attached hydrogens (tertiary/aromatic N) is 3. The molecule has 12 heteroatoms. The van der Waals surface area contributed by atoms with Crippen LogP contribution in [0, 0.1) is 11.8 Å². The Labute approximate surface area is 186 Å². The first-order chi connectivity index (χ1) is 12.5. The number of fused-ring (bicyclic) bond motifs is 2. The molecule has 0 aliphatic carbocycles. The standard InChI is InChI=1S/C16H17N3O6S2.Na/c1-6-10(8-5-18-9(26-8)4-17-16(18)27(3,24)25)13(15(22)23)19-12(6)11(7(2)20)14(19)21;/h4-7,11-12,20H,1-3H3,(H,22,23);/q;+1/p-1/t6-,7+,11+,12+;/m0./s1. The number of amides is 1. The van der Waals surface area contributed by atoms with Crippen LogP contribution in [0.3, 0.4) is 0 Å². The van der Waals surface area contributed by atoms with E-state index in [1.807, 2.05) is 0 Å². The Morgan fingerprint density at radius 2 is 2.07 bits per heavy atom. The molecule has 1 saturated heterocycles. The number of carbonyl (C=O) groups excluding carboxylic acids is 2. The third-order valence-electron chi connectivity index (χ3n) is 5.15. The molecule has 2 aliphatic rings. The maximum absolute atomic E-state index is 12.4. The number of aromatic nitrogens is 2. The van der Waals surface area contributed by atoms with E-state index in [-0.39, 0.29) is 46.3 Å². The molecule has 2 aromatic rings. The van der Waals surface area contributed by atoms with Gasteiger partial charge in [-0.05, 0) is 6.92 Å². The second-order valence-electron chi connectivity index (χ2n) is 6.92. The summed E-state index contributed by atoms with van der Waals surface area (Å²) in [5, 5.41) is 21.5. The van der Waals surface area contributed by atoms with Crippen molar-refractivity contribution in [3.05, 3.63) is 23.0 Å². The number of carboxylic acid groups (broad SMARTS) is 1. The van der Waals surface area contributed by atoms with Crippen molar-refractivity contribution in [1.29, 1.82) is 0 Å². The van der Waals surface area contributed by atoms with Gasteiger partial charge in [0.05, 0.1) is 40.8 Å². The molecule has 0 radical (unpaired) electrons. The van der Waals surface area contributed by atoms with Crippen molar-refractivity contribution in [2.45, 2.75) is 31.1 Å². The number of aliphatic hydroxyl groups is 1. The van der Waals surface area contributed by atoms with Gasteiger partial charge >= 0.3 is 29.6 Å². The van der Waals surface area contributed by atoms with Crippen LogP contribution in [0.1, 0.15) is 18.7 Å². The molecule has 28 heavy (non-hydrogen) atoms. The third-order valence-corrected chi connectivity index (χ3v) is 7.17. The summed E-state index contributed by atoms with van der Waals surface area (Å²) in [5.41, 5.74) is 0.192. The van der Waals surface area contributed by atoms with Crippen LogP contribution >= 0.6 is 11.3 Å². The van der Waals surface area contributed by atoms with Crippen LogP contribution in [0.2, 0.25) is 0 Å². The molecule has 0 bridgehead atoms. The molecule has 4 rings (SSSR count). The first-order valence-electron chi connectivity index (χ1n) is 8.18. The van der Waals surface area contributed by atoms with Crippen LogP contribution in [0.15, 0.2) is 23.2 Å². The van der Waals surface area contributed by atoms with Crippen molar-refractivity contribution in [3.8, 4) is 0 Å². The van der Waals surface area contributed by atoms with Gasteiger partial charge in [0.1, 0.15) is 4.83 Å². The SMILES string of the molecule is C[C@@H](O)[C@H]1C(=O)N2C(C(=O)[O-])=C(c3cn4c(S(C)(=O)=O)ncc4s3)[C@H](C)[C@H]12.[Na+]. The smallest absolute Gasteiger partial charge is 0.543 e. The molecule has 0 spiro atoms. The summed E-state index contributed by atoms with van der Waals surface area (Å²) in [5.74, 6) is -2.95. The van der Waals surface area contributed by atoms with Crippen LogP contribution in [-0.4, -0.2) is 58.1 Å². The van der Waals surface area contributed by atoms with E-state index in [4.69, 9.17) is 0 Å². The Kier molecular flexibility index (Phi) is 5.31. The van der Waals surface area contributed by atoms with E-state index < -0.39 is 39.8 Å². The Balaban J connectivity index is 0.00000225. The van der Waals surface area contributed by atoms with Gasteiger partial charge < -0.3 is 19.9 Å². The van der Waals surface area contributed by atoms with E-state index in [9.17, 15) is 28.2 Å². The number of thiazole rings is 1. The molecule has 4 heterocycles. The molecule has 2 aromatic heterocycles. The fourth-order valence-electron chi connectivity index (χ4n) is 4.06. The number of rotatable bonds is 4. The fraction of sp³-hybridized carbons (Fsp3) is 0.438. The number of aliphatic carboxylic acids is 1. The van der Waals surface area contributed by atoms with Gasteiger partial charge in [-0.2, -0.15) is 0 Å². The van der Waals surface area contributed by atoms with Crippen LogP contribution < -0.4 is 34.7 Å². The molecule has 4 atom stereocenters. The Morgan fingerprint density at radius 1 is 1.43 bits per heavy atom. The molecule has 0 saturated carbocycles. The average molecular weight is 433 g/mol. The van der Waals surface area contributed by atoms with Crippen LogP contribution in [0.5, 0.6) is 0 Å². The summed E-state index contributed by atoms with van der Waals surface area (Å²) >= 11 is 1.19. The summed E-state index contributed by atoms with van der Waals surface area (Å²) in [6.45, 7) is 3.29. The molecule has 2 aliphatic heterocycles. The van der Waals surface area contributed by atoms with Crippen LogP contribution in [0.25, 0.3) is 10.4 Å². The van der Waals surface area contributed by atoms with Crippen molar-refractivity contribution >= 4 is 43.5 Å². The summed E-state index contributed by atoms with van der Waals surface area (Å²) in [4.78, 5) is 30.3. The van der Waals surface area contributed by atoms with Crippen molar-refractivity contribution < 1.29 is 57.8 Å². The predicted octanol–water partition coefficient (Wildman–Crippen LogP) is -3.88. The van der Waals surface area contributed by atoms with Gasteiger partial charge in [0.15, 0.2) is 0 Å². The zero-order valence-electron chi connectivity index (χ0n) is 15.6. The number of carbonyl (C=O) groups is 2. The molecular formula is C16H16N3NaO6S2. The number of β-lactam (4-membered cyclic amide) rings is 1. The number of imidazole rings is 1. The maximum atomic E-state index is 12.4. The summed E-state index contributed by atoms with van der Waals surface area (Å²) in [6, 6.07) is -0.464. The van der Waals surface area contributed by atoms with Gasteiger partial charge in [-0.25, -0.2) is 13.4 Å². The molecule has 0 unspecified atom stereocenters. The first-order valence-corrected chi connectivity index (χ1v) is 10.9. The van der Waals surface area contributed by atoms with Gasteiger partial charge in [-0.1, -0.05) is 6.92 Å². The molecule has 1 N–H and O–H groups in total. The van der Waals surface area contributed by atoms with Gasteiger partial charge in [0.2, 0.25) is 20.9 Å². The molecule has 9 nitrogen and oxygen atoms in total. The maximum Gasteiger partial charge on any atom is 1.00 e. The van der Waals surface area contributed by atoms with Gasteiger partial charge in [0, 0.05) is 23.9 Å². The minimum atomic E-state index is -3.56. The van der Waals surface area contributed by atoms with E-state index in [0.717, 1.165) is 6.26 Å². The molecule has 0 aromatic carbocycles. The Morgan fingerprint density at radius 3 is 2.61 bits per heavy atom. The number of sulfone groups is 1.